The number of carbonyl (C=O) groups is 4. The molecule has 0 saturated carbocycles. The molecule has 0 radical (unpaired) electrons. The predicted molar refractivity (Wildman–Crippen MR) is 513 cm³/mol. The van der Waals surface area contributed by atoms with E-state index in [1.807, 2.05) is 160 Å². The zero-order valence-electron chi connectivity index (χ0n) is 73.1. The van der Waals surface area contributed by atoms with Gasteiger partial charge in [-0.1, -0.05) is 125 Å². The molecule has 18 heteroatoms. The fourth-order valence-electron chi connectivity index (χ4n) is 19.4. The number of nitrogens with zero attached hydrogens (tertiary/aromatic N) is 5. The maximum absolute atomic E-state index is 12.8. The van der Waals surface area contributed by atoms with E-state index in [4.69, 9.17) is 9.47 Å². The molecule has 6 aliphatic heterocycles. The Kier molecular flexibility index (Phi) is 34.0. The van der Waals surface area contributed by atoms with Crippen LogP contribution in [-0.2, 0) is 22.4 Å². The molecule has 6 unspecified atom stereocenters. The van der Waals surface area contributed by atoms with E-state index < -0.39 is 9.52 Å². The lowest BCUT2D eigenvalue weighted by Crippen LogP contribution is -2.42. The van der Waals surface area contributed by atoms with Crippen molar-refractivity contribution in [2.75, 3.05) is 111 Å². The van der Waals surface area contributed by atoms with Crippen LogP contribution in [0, 0.1) is 10.8 Å². The molecule has 8 aromatic rings. The number of amides is 4. The predicted octanol–water partition coefficient (Wildman–Crippen LogP) is 19.6. The van der Waals surface area contributed by atoms with Gasteiger partial charge in [0.25, 0.3) is 23.6 Å². The minimum Gasteiger partial charge on any atom is -0.508 e. The zero-order chi connectivity index (χ0) is 85.3. The SMILES string of the molecule is C.C.C.C=S(C)(=O)c1ccc2c(c1)C(c1ccc(C(=O)N(CC)CC)cc1)CC1(CCCNCC1)O2.CCN(CC)C(=O)c1ccc(C2=CC3(CCCNCC3)Cc3ccccc32)cc1.CCN(CC)C(=O)c1ccc(C2=CC3(CCCNCC3)Cc3ccccc32)cn1.CCN(CC)C(=O)c1ccc(C2=CC3(CCCNCC3)Oc3ccc(O)cc32)cc1. The highest BCUT2D eigenvalue weighted by Crippen LogP contribution is 2.51. The number of phenolic OH excluding ortho intramolecular Hbond substituents is 1. The molecule has 4 spiro atoms. The lowest BCUT2D eigenvalue weighted by Gasteiger charge is -2.42. The molecule has 16 rings (SSSR count). The summed E-state index contributed by atoms with van der Waals surface area (Å²) in [5, 5.41) is 24.2. The number of benzene rings is 7. The molecule has 8 aliphatic rings. The lowest BCUT2D eigenvalue weighted by atomic mass is 9.68. The molecule has 7 aromatic carbocycles. The average molecular weight is 1700 g/mol. The van der Waals surface area contributed by atoms with Crippen LogP contribution in [0.2, 0.25) is 0 Å². The van der Waals surface area contributed by atoms with Gasteiger partial charge >= 0.3 is 0 Å². The first-order chi connectivity index (χ1) is 58.6. The number of aromatic hydroxyl groups is 1. The van der Waals surface area contributed by atoms with Gasteiger partial charge in [-0.05, 0) is 364 Å². The number of fused-ring (bicyclic) bond motifs is 4. The third kappa shape index (κ3) is 22.5. The first-order valence-corrected chi connectivity index (χ1v) is 47.1. The maximum atomic E-state index is 12.8. The Morgan fingerprint density at radius 2 is 0.871 bits per heavy atom. The topological polar surface area (TPSA) is 198 Å². The van der Waals surface area contributed by atoms with Gasteiger partial charge in [-0.25, -0.2) is 0 Å². The molecule has 4 amide bonds. The normalized spacial score (nSPS) is 21.4. The Balaban J connectivity index is 0.000000172. The fraction of sp³-hybridized carbons (Fsp3) is 0.453. The van der Waals surface area contributed by atoms with Gasteiger partial charge in [0, 0.05) is 115 Å². The molecule has 4 fully saturated rings. The van der Waals surface area contributed by atoms with Gasteiger partial charge in [0.05, 0.1) is 0 Å². The fourth-order valence-corrected chi connectivity index (χ4v) is 20.1. The van der Waals surface area contributed by atoms with Crippen LogP contribution in [0.3, 0.4) is 0 Å². The molecule has 6 atom stereocenters. The Hall–Kier alpha value is -9.95. The summed E-state index contributed by atoms with van der Waals surface area (Å²) in [7, 11) is -2.33. The Morgan fingerprint density at radius 3 is 1.35 bits per heavy atom. The van der Waals surface area contributed by atoms with Crippen molar-refractivity contribution in [3.05, 3.63) is 272 Å². The number of hydrogen-bond donors (Lipinski definition) is 5. The second kappa shape index (κ2) is 43.8. The molecule has 664 valence electrons. The molecule has 5 N–H and O–H groups in total. The van der Waals surface area contributed by atoms with E-state index in [-0.39, 0.29) is 79.6 Å². The van der Waals surface area contributed by atoms with Crippen molar-refractivity contribution in [1.29, 1.82) is 0 Å². The molecule has 4 saturated heterocycles. The lowest BCUT2D eigenvalue weighted by molar-refractivity contribution is 0.0280. The highest BCUT2D eigenvalue weighted by molar-refractivity contribution is 7.99. The number of carbonyl (C=O) groups excluding carboxylic acids is 4. The number of rotatable bonds is 17. The number of phenols is 1. The van der Waals surface area contributed by atoms with Crippen LogP contribution >= 0.6 is 0 Å². The quantitative estimate of drug-likeness (QED) is 0.0540. The highest BCUT2D eigenvalue weighted by atomic mass is 32.2. The number of hydrogen-bond acceptors (Lipinski definition) is 13. The van der Waals surface area contributed by atoms with E-state index in [9.17, 15) is 28.5 Å². The molecule has 2 aliphatic carbocycles. The molecule has 1 aromatic heterocycles. The van der Waals surface area contributed by atoms with E-state index in [1.54, 1.807) is 18.4 Å². The van der Waals surface area contributed by atoms with Gasteiger partial charge in [-0.15, -0.1) is 0 Å². The second-order valence-corrected chi connectivity index (χ2v) is 36.7. The van der Waals surface area contributed by atoms with E-state index in [2.05, 4.69) is 129 Å². The Labute approximate surface area is 742 Å². The molecular formula is C106H141N9O8S. The van der Waals surface area contributed by atoms with Crippen molar-refractivity contribution >= 4 is 55.7 Å². The van der Waals surface area contributed by atoms with Gasteiger partial charge in [-0.2, -0.15) is 0 Å². The summed E-state index contributed by atoms with van der Waals surface area (Å²) in [6, 6.07) is 56.9. The minimum absolute atomic E-state index is 0. The monoisotopic (exact) mass is 1700 g/mol. The third-order valence-electron chi connectivity index (χ3n) is 26.4. The highest BCUT2D eigenvalue weighted by Gasteiger charge is 2.43. The van der Waals surface area contributed by atoms with Crippen molar-refractivity contribution in [3.8, 4) is 17.2 Å². The van der Waals surface area contributed by atoms with Crippen molar-refractivity contribution < 1.29 is 38.0 Å². The third-order valence-corrected chi connectivity index (χ3v) is 27.6. The largest absolute Gasteiger partial charge is 0.508 e. The van der Waals surface area contributed by atoms with Gasteiger partial charge in [0.1, 0.15) is 34.1 Å². The van der Waals surface area contributed by atoms with Crippen LogP contribution < -0.4 is 30.7 Å². The first-order valence-electron chi connectivity index (χ1n) is 44.9. The van der Waals surface area contributed by atoms with Crippen LogP contribution in [0.4, 0.5) is 0 Å². The van der Waals surface area contributed by atoms with Crippen molar-refractivity contribution in [2.45, 2.75) is 196 Å². The summed E-state index contributed by atoms with van der Waals surface area (Å²) >= 11 is 0. The number of aromatic nitrogens is 1. The number of allylic oxidation sites excluding steroid dienone is 2. The smallest absolute Gasteiger partial charge is 0.272 e. The number of nitrogens with one attached hydrogen (secondary N) is 4. The summed E-state index contributed by atoms with van der Waals surface area (Å²) < 4.78 is 25.8. The van der Waals surface area contributed by atoms with Gasteiger partial charge in [-0.3, -0.25) is 28.4 Å². The molecule has 0 bridgehead atoms. The van der Waals surface area contributed by atoms with E-state index >= 15 is 0 Å². The van der Waals surface area contributed by atoms with Gasteiger partial charge < -0.3 is 55.4 Å². The molecule has 17 nitrogen and oxygen atoms in total. The van der Waals surface area contributed by atoms with Crippen LogP contribution in [0.25, 0.3) is 16.7 Å². The van der Waals surface area contributed by atoms with Crippen LogP contribution in [0.1, 0.15) is 264 Å². The van der Waals surface area contributed by atoms with E-state index in [0.29, 0.717) is 56.1 Å². The molecule has 124 heavy (non-hydrogen) atoms. The second-order valence-electron chi connectivity index (χ2n) is 34.2. The van der Waals surface area contributed by atoms with Crippen molar-refractivity contribution in [2.24, 2.45) is 10.8 Å². The standard InChI is InChI=1S/C27H36N2O3S.C26H32N2O.C25H31N3O.C25H30N2O3.3CH4/c1-5-29(6-2)26(30)21-10-8-20(9-11-21)24-19-27(14-7-16-28-17-15-27)32-25-13-12-22(18-23(24)25)33(3,4)31;1-3-28(4-2)25(29)21-12-10-20(11-13-21)24-19-26(14-7-16-27-17-15-26)18-22-8-5-6-9-23(22)24;1-3-28(4-2)24(29)23-11-10-20(18-27-23)22-17-25(12-7-14-26-15-13-25)16-19-8-5-6-9-21(19)22;1-3-27(4-2)24(29)19-8-6-18(7-9-19)22-17-25(12-5-14-26-15-13-25)30-23-11-10-20(28)16-21(22)23;;;/h8-13,18,24,28H,3,5-7,14-17,19H2,1-2,4H3;5-6,8-13,19,27H,3-4,7,14-18H2,1-2H3;5-6,8-11,17-18,26H,3-4,7,12-16H2,1-2H3;6-11,16-17,26,28H,3-5,12-15H2,1-2H3;3*1H4. The maximum Gasteiger partial charge on any atom is 0.272 e. The van der Waals surface area contributed by atoms with E-state index in [0.717, 1.165) is 185 Å². The number of ether oxygens (including phenoxy) is 2. The van der Waals surface area contributed by atoms with Crippen LogP contribution in [0.5, 0.6) is 17.2 Å². The van der Waals surface area contributed by atoms with Crippen LogP contribution in [0.15, 0.2) is 199 Å². The summed E-state index contributed by atoms with van der Waals surface area (Å²) in [6.45, 7) is 30.0. The first kappa shape index (κ1) is 96.3. The van der Waals surface area contributed by atoms with Gasteiger partial charge in [0.2, 0.25) is 0 Å². The van der Waals surface area contributed by atoms with Crippen LogP contribution in [-0.4, -0.2) is 186 Å². The molecular weight excluding hydrogens is 1560 g/mol. The average Bonchev–Trinajstić information content (AvgIpc) is 1.09. The Morgan fingerprint density at radius 1 is 0.444 bits per heavy atom. The van der Waals surface area contributed by atoms with E-state index in [1.165, 1.54) is 71.1 Å². The van der Waals surface area contributed by atoms with Crippen molar-refractivity contribution in [3.63, 3.8) is 0 Å². The summed E-state index contributed by atoms with van der Waals surface area (Å²) in [5.41, 5.74) is 18.2. The summed E-state index contributed by atoms with van der Waals surface area (Å²) in [5.74, 6) is 6.14. The molecule has 7 heterocycles. The summed E-state index contributed by atoms with van der Waals surface area (Å²) in [6.07, 6.45) is 27.1. The summed E-state index contributed by atoms with van der Waals surface area (Å²) in [4.78, 5) is 63.4. The number of pyridine rings is 1. The minimum atomic E-state index is -2.33. The van der Waals surface area contributed by atoms with Crippen molar-refractivity contribution in [1.82, 2.24) is 45.9 Å². The zero-order valence-corrected chi connectivity index (χ0v) is 73.9. The van der Waals surface area contributed by atoms with Gasteiger partial charge in [0.15, 0.2) is 0 Å². The Bertz CT molecular complexity index is 4930.